The van der Waals surface area contributed by atoms with Crippen molar-refractivity contribution >= 4 is 35.4 Å². The zero-order valence-corrected chi connectivity index (χ0v) is 30.0. The molecule has 3 aromatic carbocycles. The van der Waals surface area contributed by atoms with Crippen molar-refractivity contribution in [1.29, 1.82) is 0 Å². The van der Waals surface area contributed by atoms with Crippen LogP contribution in [0, 0.1) is 0 Å². The number of hydrogen-bond acceptors (Lipinski definition) is 23. The fourth-order valence-corrected chi connectivity index (χ4v) is 7.93. The van der Waals surface area contributed by atoms with Crippen molar-refractivity contribution in [1.82, 2.24) is 0 Å². The fraction of sp³-hybridized carbons (Fsp3) is 0.297. The SMILES string of the molecule is CC(=O)C[C@@]1(O)C(=O)C=C2C(=O)O[C@H]3[C@@H]4OC(=O)c5cc(O)c(O)c(O)c5-c5c(cc(O)c(O)c5O)C(=O)OC[C@H]3O[C@@H](O)[C@@H]4OC(=O)c3cc(O)c(O)c4c3[C@H]2[C@@]1(O)O4. The van der Waals surface area contributed by atoms with Gasteiger partial charge in [0.05, 0.1) is 28.2 Å². The molecule has 0 spiro atoms. The van der Waals surface area contributed by atoms with E-state index in [4.69, 9.17) is 28.4 Å². The number of Topliss-reactive ketones (excluding diaryl/α,β-unsaturated/α-hetero) is 1. The second-order valence-corrected chi connectivity index (χ2v) is 14.3. The maximum Gasteiger partial charge on any atom is 0.339 e. The molecule has 8 rings (SSSR count). The first-order chi connectivity index (χ1) is 28.1. The van der Waals surface area contributed by atoms with E-state index < -0.39 is 187 Å². The van der Waals surface area contributed by atoms with Crippen molar-refractivity contribution in [3.63, 3.8) is 0 Å². The topological polar surface area (TPSA) is 380 Å². The number of esters is 4. The van der Waals surface area contributed by atoms with Gasteiger partial charge >= 0.3 is 23.9 Å². The Morgan fingerprint density at radius 3 is 1.80 bits per heavy atom. The summed E-state index contributed by atoms with van der Waals surface area (Å²) in [6.45, 7) is -0.215. The number of cyclic esters (lactones) is 1. The molecule has 1 fully saturated rings. The fourth-order valence-electron chi connectivity index (χ4n) is 7.93. The van der Waals surface area contributed by atoms with Gasteiger partial charge in [-0.2, -0.15) is 0 Å². The molecule has 0 radical (unpaired) electrons. The second-order valence-electron chi connectivity index (χ2n) is 14.3. The first-order valence-corrected chi connectivity index (χ1v) is 17.3. The second kappa shape index (κ2) is 13.1. The lowest BCUT2D eigenvalue weighted by Gasteiger charge is -2.45. The highest BCUT2D eigenvalue weighted by atomic mass is 16.7. The number of carbonyl (C=O) groups is 6. The summed E-state index contributed by atoms with van der Waals surface area (Å²) < 4.78 is 33.2. The predicted octanol–water partition coefficient (Wildman–Crippen LogP) is -1.05. The van der Waals surface area contributed by atoms with E-state index in [1.54, 1.807) is 0 Å². The third-order valence-corrected chi connectivity index (χ3v) is 10.7. The van der Waals surface area contributed by atoms with Crippen LogP contribution in [0.4, 0.5) is 0 Å². The minimum absolute atomic E-state index is 0.420. The van der Waals surface area contributed by atoms with Gasteiger partial charge < -0.3 is 84.6 Å². The Hall–Kier alpha value is -7.34. The molecule has 1 saturated heterocycles. The maximum atomic E-state index is 14.4. The van der Waals surface area contributed by atoms with E-state index in [0.717, 1.165) is 6.92 Å². The monoisotopic (exact) mass is 840 g/mol. The Balaban J connectivity index is 1.36. The molecular weight excluding hydrogens is 812 g/mol. The van der Waals surface area contributed by atoms with Gasteiger partial charge in [-0.15, -0.1) is 0 Å². The number of aliphatic hydroxyl groups excluding tert-OH is 1. The minimum atomic E-state index is -3.43. The Bertz CT molecular complexity index is 2560. The summed E-state index contributed by atoms with van der Waals surface area (Å²) in [4.78, 5) is 82.5. The van der Waals surface area contributed by atoms with E-state index >= 15 is 0 Å². The van der Waals surface area contributed by atoms with Crippen LogP contribution in [0.2, 0.25) is 0 Å². The molecule has 314 valence electrons. The van der Waals surface area contributed by atoms with E-state index in [-0.39, 0.29) is 0 Å². The first kappa shape index (κ1) is 39.5. The molecule has 0 aromatic heterocycles. The molecular formula is C37H28O23. The van der Waals surface area contributed by atoms with Crippen molar-refractivity contribution in [2.24, 2.45) is 0 Å². The highest BCUT2D eigenvalue weighted by molar-refractivity contribution is 6.11. The van der Waals surface area contributed by atoms with Crippen LogP contribution in [0.3, 0.4) is 0 Å². The van der Waals surface area contributed by atoms with Crippen LogP contribution >= 0.6 is 0 Å². The zero-order chi connectivity index (χ0) is 43.7. The zero-order valence-electron chi connectivity index (χ0n) is 30.0. The van der Waals surface area contributed by atoms with Gasteiger partial charge in [0.15, 0.2) is 70.5 Å². The Morgan fingerprint density at radius 2 is 1.20 bits per heavy atom. The van der Waals surface area contributed by atoms with Crippen molar-refractivity contribution in [2.45, 2.75) is 61.4 Å². The molecule has 3 aromatic rings. The summed E-state index contributed by atoms with van der Waals surface area (Å²) in [5.41, 5.74) is -9.85. The van der Waals surface area contributed by atoms with Gasteiger partial charge in [0.1, 0.15) is 18.5 Å². The third kappa shape index (κ3) is 5.36. The van der Waals surface area contributed by atoms with Gasteiger partial charge in [-0.1, -0.05) is 0 Å². The van der Waals surface area contributed by atoms with Gasteiger partial charge in [0.2, 0.25) is 17.2 Å². The summed E-state index contributed by atoms with van der Waals surface area (Å²) in [6, 6.07) is 1.48. The number of hydrogen-bond donors (Lipinski definition) is 11. The lowest BCUT2D eigenvalue weighted by Crippen LogP contribution is -2.67. The Kier molecular flexibility index (Phi) is 8.61. The van der Waals surface area contributed by atoms with Crippen LogP contribution in [0.1, 0.15) is 55.9 Å². The number of phenols is 8. The van der Waals surface area contributed by atoms with Crippen LogP contribution in [-0.2, 0) is 38.1 Å². The Labute approximate surface area is 331 Å². The van der Waals surface area contributed by atoms with Crippen molar-refractivity contribution in [3.8, 4) is 62.9 Å². The van der Waals surface area contributed by atoms with Crippen molar-refractivity contribution in [3.05, 3.63) is 52.1 Å². The summed E-state index contributed by atoms with van der Waals surface area (Å²) in [5, 5.41) is 120. The molecule has 5 aliphatic rings. The average Bonchev–Trinajstić information content (AvgIpc) is 3.51. The number of aromatic hydroxyl groups is 8. The first-order valence-electron chi connectivity index (χ1n) is 17.3. The maximum absolute atomic E-state index is 14.4. The van der Waals surface area contributed by atoms with Crippen LogP contribution in [0.5, 0.6) is 51.7 Å². The number of ether oxygens (including phenoxy) is 6. The molecule has 1 aliphatic carbocycles. The van der Waals surface area contributed by atoms with E-state index in [2.05, 4.69) is 0 Å². The van der Waals surface area contributed by atoms with Gasteiger partial charge in [-0.05, 0) is 31.2 Å². The van der Waals surface area contributed by atoms with E-state index in [0.29, 0.717) is 24.3 Å². The van der Waals surface area contributed by atoms with Crippen LogP contribution in [0.15, 0.2) is 29.8 Å². The van der Waals surface area contributed by atoms with Crippen molar-refractivity contribution < 1.29 is 113 Å². The molecule has 4 bridgehead atoms. The molecule has 0 saturated carbocycles. The van der Waals surface area contributed by atoms with E-state index in [1.807, 2.05) is 0 Å². The molecule has 8 atom stereocenters. The quantitative estimate of drug-likeness (QED) is 0.0832. The number of rotatable bonds is 2. The highest BCUT2D eigenvalue weighted by Gasteiger charge is 2.70. The molecule has 23 nitrogen and oxygen atoms in total. The van der Waals surface area contributed by atoms with E-state index in [9.17, 15) is 84.9 Å². The molecule has 11 N–H and O–H groups in total. The normalized spacial score (nSPS) is 29.3. The smallest absolute Gasteiger partial charge is 0.339 e. The summed E-state index contributed by atoms with van der Waals surface area (Å²) >= 11 is 0. The van der Waals surface area contributed by atoms with Gasteiger partial charge in [-0.3, -0.25) is 9.59 Å². The summed E-state index contributed by atoms with van der Waals surface area (Å²) in [6.07, 6.45) is -12.1. The number of ketones is 2. The number of phenolic OH excluding ortho intramolecular Hbond substituents is 8. The van der Waals surface area contributed by atoms with E-state index in [1.165, 1.54) is 0 Å². The van der Waals surface area contributed by atoms with Crippen LogP contribution < -0.4 is 4.74 Å². The largest absolute Gasteiger partial charge is 0.504 e. The van der Waals surface area contributed by atoms with Crippen LogP contribution in [0.25, 0.3) is 11.1 Å². The number of benzene rings is 3. The van der Waals surface area contributed by atoms with Crippen LogP contribution in [-0.4, -0.2) is 140 Å². The Morgan fingerprint density at radius 1 is 0.683 bits per heavy atom. The number of fused-ring (bicyclic) bond motifs is 3. The third-order valence-electron chi connectivity index (χ3n) is 10.7. The molecule has 60 heavy (non-hydrogen) atoms. The lowest BCUT2D eigenvalue weighted by molar-refractivity contribution is -0.287. The molecule has 4 aliphatic heterocycles. The highest BCUT2D eigenvalue weighted by Crippen LogP contribution is 2.61. The summed E-state index contributed by atoms with van der Waals surface area (Å²) in [5.74, 6) is -25.9. The van der Waals surface area contributed by atoms with Gasteiger partial charge in [0.25, 0.3) is 5.79 Å². The molecule has 0 amide bonds. The summed E-state index contributed by atoms with van der Waals surface area (Å²) in [7, 11) is 0. The van der Waals surface area contributed by atoms with Crippen molar-refractivity contribution in [2.75, 3.05) is 6.61 Å². The minimum Gasteiger partial charge on any atom is -0.504 e. The van der Waals surface area contributed by atoms with Gasteiger partial charge in [0, 0.05) is 23.1 Å². The standard InChI is InChI=1S/C37H28O23/c1-8(38)6-36(53)17(42)5-12-21-20-11(4-15(41)24(45)28(20)60-37(21,36)54)33(50)59-30-29-27(57-34(12)51)16(56-35(30)52)7-55-31(48)9-2-13(39)22(43)25(46)18(9)19-10(32(49)58-29)3-14(40)23(44)26(19)47/h2-5,16,21,27,29-30,35,39-41,43-47,52-54H,6-7H2,1H3/t16-,21+,27-,29+,30-,35-,36-,37-/m1/s1. The predicted molar refractivity (Wildman–Crippen MR) is 183 cm³/mol. The average molecular weight is 841 g/mol. The lowest BCUT2D eigenvalue weighted by atomic mass is 9.67. The molecule has 0 unspecified atom stereocenters. The van der Waals surface area contributed by atoms with Gasteiger partial charge in [-0.25, -0.2) is 19.2 Å². The molecule has 23 heteroatoms. The molecule has 4 heterocycles. The number of aliphatic hydroxyl groups is 3. The number of carbonyl (C=O) groups excluding carboxylic acids is 6.